The number of nitrogens with two attached hydrogens (primary N) is 2. The number of fused-ring (bicyclic) bond motifs is 1. The van der Waals surface area contributed by atoms with Crippen LogP contribution in [-0.2, 0) is 9.53 Å². The Morgan fingerprint density at radius 2 is 2.07 bits per heavy atom. The van der Waals surface area contributed by atoms with Crippen molar-refractivity contribution in [2.24, 2.45) is 5.73 Å². The van der Waals surface area contributed by atoms with Gasteiger partial charge in [-0.15, -0.1) is 5.10 Å². The Morgan fingerprint density at radius 3 is 2.67 bits per heavy atom. The molecule has 0 amide bonds. The SMILES string of the molecule is Nc1ncnc2c1c(C#CC(N)C(=O)C(F)(F)F)nn2O[C@H]1O[C@H](CO)[C@@H](O)[C@H]1O. The van der Waals surface area contributed by atoms with E-state index in [0.29, 0.717) is 4.85 Å². The van der Waals surface area contributed by atoms with Gasteiger partial charge in [-0.25, -0.2) is 9.97 Å². The first kappa shape index (κ1) is 21.7. The van der Waals surface area contributed by atoms with Gasteiger partial charge < -0.3 is 36.4 Å². The van der Waals surface area contributed by atoms with Gasteiger partial charge in [0.25, 0.3) is 12.1 Å². The molecule has 5 atom stereocenters. The quantitative estimate of drug-likeness (QED) is 0.311. The number of ether oxygens (including phenoxy) is 1. The number of Topliss-reactive ketones (excluding diaryl/α,β-unsaturated/α-hetero) is 1. The minimum Gasteiger partial charge on any atom is -0.394 e. The molecule has 0 spiro atoms. The van der Waals surface area contributed by atoms with Crippen LogP contribution >= 0.6 is 0 Å². The molecule has 15 heteroatoms. The number of hydrogen-bond donors (Lipinski definition) is 5. The van der Waals surface area contributed by atoms with Crippen LogP contribution in [0, 0.1) is 11.8 Å². The number of anilines is 1. The molecule has 1 aliphatic rings. The van der Waals surface area contributed by atoms with Crippen molar-refractivity contribution in [3.8, 4) is 11.8 Å². The second-order valence-corrected chi connectivity index (χ2v) is 6.10. The van der Waals surface area contributed by atoms with Crippen molar-refractivity contribution in [2.45, 2.75) is 36.8 Å². The van der Waals surface area contributed by atoms with Crippen LogP contribution < -0.4 is 16.3 Å². The Balaban J connectivity index is 1.95. The van der Waals surface area contributed by atoms with E-state index in [-0.39, 0.29) is 22.5 Å². The van der Waals surface area contributed by atoms with Crippen molar-refractivity contribution in [1.29, 1.82) is 0 Å². The van der Waals surface area contributed by atoms with Crippen molar-refractivity contribution in [1.82, 2.24) is 19.9 Å². The van der Waals surface area contributed by atoms with Gasteiger partial charge in [0, 0.05) is 0 Å². The minimum atomic E-state index is -5.17. The number of nitrogen functional groups attached to an aromatic ring is 1. The third-order valence-electron chi connectivity index (χ3n) is 4.08. The van der Waals surface area contributed by atoms with E-state index < -0.39 is 49.2 Å². The largest absolute Gasteiger partial charge is 0.452 e. The lowest BCUT2D eigenvalue weighted by Gasteiger charge is -2.15. The Morgan fingerprint density at radius 1 is 1.37 bits per heavy atom. The fourth-order valence-corrected chi connectivity index (χ4v) is 2.55. The summed E-state index contributed by atoms with van der Waals surface area (Å²) in [4.78, 5) is 24.8. The van der Waals surface area contributed by atoms with Gasteiger partial charge in [0.15, 0.2) is 5.69 Å². The van der Waals surface area contributed by atoms with Crippen molar-refractivity contribution in [2.75, 3.05) is 12.3 Å². The second kappa shape index (κ2) is 8.01. The molecule has 0 aromatic carbocycles. The first-order valence-electron chi connectivity index (χ1n) is 8.21. The van der Waals surface area contributed by atoms with Gasteiger partial charge in [0.2, 0.25) is 5.65 Å². The number of alkyl halides is 3. The van der Waals surface area contributed by atoms with Gasteiger partial charge in [-0.1, -0.05) is 10.8 Å². The van der Waals surface area contributed by atoms with E-state index in [2.05, 4.69) is 21.0 Å². The van der Waals surface area contributed by atoms with Gasteiger partial charge in [-0.2, -0.15) is 13.2 Å². The number of aliphatic hydroxyl groups excluding tert-OH is 3. The van der Waals surface area contributed by atoms with Crippen LogP contribution in [0.3, 0.4) is 0 Å². The molecule has 7 N–H and O–H groups in total. The van der Waals surface area contributed by atoms with E-state index in [4.69, 9.17) is 26.1 Å². The maximum Gasteiger partial charge on any atom is 0.452 e. The molecule has 0 bridgehead atoms. The Labute approximate surface area is 165 Å². The summed E-state index contributed by atoms with van der Waals surface area (Å²) >= 11 is 0. The summed E-state index contributed by atoms with van der Waals surface area (Å²) in [7, 11) is 0. The van der Waals surface area contributed by atoms with Crippen molar-refractivity contribution >= 4 is 22.6 Å². The van der Waals surface area contributed by atoms with Crippen LogP contribution in [0.15, 0.2) is 6.33 Å². The number of carbonyl (C=O) groups is 1. The lowest BCUT2D eigenvalue weighted by molar-refractivity contribution is -0.176. The summed E-state index contributed by atoms with van der Waals surface area (Å²) in [6.45, 7) is -0.602. The molecule has 0 saturated carbocycles. The molecule has 2 aromatic heterocycles. The zero-order valence-electron chi connectivity index (χ0n) is 14.8. The fraction of sp³-hybridized carbons (Fsp3) is 0.467. The van der Waals surface area contributed by atoms with Crippen molar-refractivity contribution in [3.05, 3.63) is 12.0 Å². The average molecular weight is 432 g/mol. The van der Waals surface area contributed by atoms with Crippen LogP contribution in [0.25, 0.3) is 11.0 Å². The number of nitrogens with zero attached hydrogens (tertiary/aromatic N) is 4. The summed E-state index contributed by atoms with van der Waals surface area (Å²) in [5, 5.41) is 32.7. The monoisotopic (exact) mass is 432 g/mol. The number of hydrogen-bond acceptors (Lipinski definition) is 11. The molecule has 3 rings (SSSR count). The number of ketones is 1. The minimum absolute atomic E-state index is 0.0246. The molecule has 1 saturated heterocycles. The topological polar surface area (TPSA) is 192 Å². The maximum atomic E-state index is 12.5. The van der Waals surface area contributed by atoms with Gasteiger partial charge in [0.1, 0.15) is 41.9 Å². The van der Waals surface area contributed by atoms with Crippen LogP contribution in [0.2, 0.25) is 0 Å². The second-order valence-electron chi connectivity index (χ2n) is 6.10. The molecule has 162 valence electrons. The summed E-state index contributed by atoms with van der Waals surface area (Å²) < 4.78 is 42.5. The van der Waals surface area contributed by atoms with Gasteiger partial charge in [-0.3, -0.25) is 4.79 Å². The lowest BCUT2D eigenvalue weighted by Crippen LogP contribution is -2.39. The van der Waals surface area contributed by atoms with E-state index in [9.17, 15) is 28.2 Å². The molecule has 1 fully saturated rings. The van der Waals surface area contributed by atoms with Crippen molar-refractivity contribution < 1.29 is 42.9 Å². The molecule has 1 aliphatic heterocycles. The third-order valence-corrected chi connectivity index (χ3v) is 4.08. The highest BCUT2D eigenvalue weighted by Crippen LogP contribution is 2.24. The predicted molar refractivity (Wildman–Crippen MR) is 90.0 cm³/mol. The maximum absolute atomic E-state index is 12.5. The first-order chi connectivity index (χ1) is 14.0. The van der Waals surface area contributed by atoms with Crippen LogP contribution in [0.4, 0.5) is 19.0 Å². The molecular formula is C15H15F3N6O6. The molecule has 0 aliphatic carbocycles. The van der Waals surface area contributed by atoms with E-state index in [1.807, 2.05) is 5.92 Å². The first-order valence-corrected chi connectivity index (χ1v) is 8.21. The molecular weight excluding hydrogens is 417 g/mol. The number of aliphatic hydroxyl groups is 3. The molecule has 3 heterocycles. The zero-order chi connectivity index (χ0) is 22.2. The summed E-state index contributed by atoms with van der Waals surface area (Å²) in [5.41, 5.74) is 10.5. The Bertz CT molecular complexity index is 1020. The summed E-state index contributed by atoms with van der Waals surface area (Å²) in [5.74, 6) is 1.73. The van der Waals surface area contributed by atoms with E-state index in [1.54, 1.807) is 0 Å². The highest BCUT2D eigenvalue weighted by Gasteiger charge is 2.45. The zero-order valence-corrected chi connectivity index (χ0v) is 14.8. The van der Waals surface area contributed by atoms with E-state index >= 15 is 0 Å². The number of carbonyl (C=O) groups excluding carboxylic acids is 1. The number of rotatable bonds is 4. The smallest absolute Gasteiger partial charge is 0.394 e. The molecule has 2 aromatic rings. The molecule has 12 nitrogen and oxygen atoms in total. The number of halogens is 3. The Hall–Kier alpha value is -3.03. The van der Waals surface area contributed by atoms with Gasteiger partial charge in [-0.05, 0) is 5.92 Å². The Kier molecular flexibility index (Phi) is 5.78. The molecule has 0 radical (unpaired) electrons. The molecule has 30 heavy (non-hydrogen) atoms. The number of aromatic nitrogens is 4. The standard InChI is InChI=1S/C15H15F3N6O6/c16-15(17,18)11(28)5(19)1-2-6-8-12(20)21-4-22-13(8)24(23-6)30-14-10(27)9(26)7(3-25)29-14/h4-5,7,9-10,14,25-27H,3,19H2,(H2,20,21,22)/t5?,7-,9-,10-,14-/m1/s1. The van der Waals surface area contributed by atoms with E-state index in [1.165, 1.54) is 0 Å². The van der Waals surface area contributed by atoms with Gasteiger partial charge in [0.05, 0.1) is 6.61 Å². The average Bonchev–Trinajstić information content (AvgIpc) is 3.18. The fourth-order valence-electron chi connectivity index (χ4n) is 2.55. The normalized spacial score (nSPS) is 25.0. The highest BCUT2D eigenvalue weighted by atomic mass is 19.4. The third kappa shape index (κ3) is 3.99. The van der Waals surface area contributed by atoms with Crippen LogP contribution in [0.5, 0.6) is 0 Å². The lowest BCUT2D eigenvalue weighted by atomic mass is 10.1. The van der Waals surface area contributed by atoms with Crippen molar-refractivity contribution in [3.63, 3.8) is 0 Å². The predicted octanol–water partition coefficient (Wildman–Crippen LogP) is -2.91. The highest BCUT2D eigenvalue weighted by molar-refractivity contribution is 5.93. The molecule has 1 unspecified atom stereocenters. The van der Waals surface area contributed by atoms with Gasteiger partial charge >= 0.3 is 6.18 Å². The summed E-state index contributed by atoms with van der Waals surface area (Å²) in [6, 6.07) is -2.17. The van der Waals surface area contributed by atoms with Crippen LogP contribution in [-0.4, -0.2) is 84.4 Å². The van der Waals surface area contributed by atoms with Crippen LogP contribution in [0.1, 0.15) is 5.69 Å². The summed E-state index contributed by atoms with van der Waals surface area (Å²) in [6.07, 6.45) is -9.75. The van der Waals surface area contributed by atoms with E-state index in [0.717, 1.165) is 6.33 Å².